The molecule has 0 aliphatic rings. The van der Waals surface area contributed by atoms with Crippen molar-refractivity contribution in [1.29, 1.82) is 0 Å². The molecule has 1 aromatic rings. The first-order valence-electron chi connectivity index (χ1n) is 6.12. The molecule has 0 unspecified atom stereocenters. The smallest absolute Gasteiger partial charge is 0.165 e. The second-order valence-corrected chi connectivity index (χ2v) is 5.26. The summed E-state index contributed by atoms with van der Waals surface area (Å²) >= 11 is 0. The first-order chi connectivity index (χ1) is 8.31. The van der Waals surface area contributed by atoms with Gasteiger partial charge in [0, 0.05) is 11.6 Å². The molecule has 102 valence electrons. The van der Waals surface area contributed by atoms with Gasteiger partial charge >= 0.3 is 0 Å². The van der Waals surface area contributed by atoms with E-state index in [1.165, 1.54) is 6.07 Å². The molecule has 0 fully saturated rings. The highest BCUT2D eigenvalue weighted by Crippen LogP contribution is 2.26. The largest absolute Gasteiger partial charge is 0.488 e. The van der Waals surface area contributed by atoms with Crippen LogP contribution in [0.25, 0.3) is 0 Å². The Kier molecular flexibility index (Phi) is 5.11. The highest BCUT2D eigenvalue weighted by molar-refractivity contribution is 5.36. The highest BCUT2D eigenvalue weighted by Gasteiger charge is 2.14. The third kappa shape index (κ3) is 4.63. The molecule has 1 rings (SSSR count). The van der Waals surface area contributed by atoms with Crippen molar-refractivity contribution in [2.75, 3.05) is 13.2 Å². The normalized spacial score (nSPS) is 13.4. The summed E-state index contributed by atoms with van der Waals surface area (Å²) in [7, 11) is 0. The maximum absolute atomic E-state index is 13.7. The zero-order chi connectivity index (χ0) is 13.8. The number of benzene rings is 1. The highest BCUT2D eigenvalue weighted by atomic mass is 19.1. The quantitative estimate of drug-likeness (QED) is 0.822. The average Bonchev–Trinajstić information content (AvgIpc) is 2.24. The number of rotatable bonds is 5. The first kappa shape index (κ1) is 14.9. The average molecular weight is 255 g/mol. The van der Waals surface area contributed by atoms with Crippen LogP contribution < -0.4 is 10.5 Å². The van der Waals surface area contributed by atoms with E-state index in [2.05, 4.69) is 0 Å². The van der Waals surface area contributed by atoms with Crippen molar-refractivity contribution in [1.82, 2.24) is 0 Å². The van der Waals surface area contributed by atoms with Gasteiger partial charge in [0.25, 0.3) is 0 Å². The van der Waals surface area contributed by atoms with E-state index in [0.29, 0.717) is 18.8 Å². The van der Waals surface area contributed by atoms with E-state index < -0.39 is 0 Å². The molecule has 0 heterocycles. The van der Waals surface area contributed by atoms with Crippen molar-refractivity contribution in [3.63, 3.8) is 0 Å². The van der Waals surface area contributed by atoms with Crippen molar-refractivity contribution < 1.29 is 13.9 Å². The van der Waals surface area contributed by atoms with E-state index in [-0.39, 0.29) is 23.2 Å². The molecule has 0 radical (unpaired) electrons. The molecule has 18 heavy (non-hydrogen) atoms. The fourth-order valence-corrected chi connectivity index (χ4v) is 1.53. The van der Waals surface area contributed by atoms with E-state index in [1.807, 2.05) is 20.8 Å². The Labute approximate surface area is 108 Å². The maximum atomic E-state index is 13.7. The summed E-state index contributed by atoms with van der Waals surface area (Å²) in [6, 6.07) is 4.51. The summed E-state index contributed by atoms with van der Waals surface area (Å²) in [6.45, 7) is 8.40. The van der Waals surface area contributed by atoms with Gasteiger partial charge in [0.1, 0.15) is 6.61 Å². The summed E-state index contributed by atoms with van der Waals surface area (Å²) < 4.78 is 24.6. The monoisotopic (exact) mass is 255 g/mol. The van der Waals surface area contributed by atoms with Gasteiger partial charge in [0.15, 0.2) is 11.6 Å². The summed E-state index contributed by atoms with van der Waals surface area (Å²) in [5.74, 6) is -0.162. The molecule has 3 nitrogen and oxygen atoms in total. The number of halogens is 1. The van der Waals surface area contributed by atoms with Gasteiger partial charge in [-0.05, 0) is 33.8 Å². The lowest BCUT2D eigenvalue weighted by Gasteiger charge is -2.20. The van der Waals surface area contributed by atoms with Crippen LogP contribution in [0.5, 0.6) is 5.75 Å². The van der Waals surface area contributed by atoms with Crippen LogP contribution in [0.1, 0.15) is 39.3 Å². The molecule has 0 amide bonds. The Morgan fingerprint density at radius 1 is 1.28 bits per heavy atom. The van der Waals surface area contributed by atoms with Crippen molar-refractivity contribution in [3.05, 3.63) is 29.6 Å². The van der Waals surface area contributed by atoms with Crippen molar-refractivity contribution in [2.45, 2.75) is 39.3 Å². The SMILES string of the molecule is C[C@H](N)c1cccc(F)c1OCCOC(C)(C)C. The number of nitrogens with two attached hydrogens (primary N) is 1. The summed E-state index contributed by atoms with van der Waals surface area (Å²) in [4.78, 5) is 0. The molecule has 2 N–H and O–H groups in total. The number of para-hydroxylation sites is 1. The topological polar surface area (TPSA) is 44.5 Å². The van der Waals surface area contributed by atoms with E-state index in [1.54, 1.807) is 19.1 Å². The van der Waals surface area contributed by atoms with Crippen molar-refractivity contribution in [2.24, 2.45) is 5.73 Å². The van der Waals surface area contributed by atoms with E-state index in [4.69, 9.17) is 15.2 Å². The Morgan fingerprint density at radius 3 is 2.50 bits per heavy atom. The standard InChI is InChI=1S/C14H22FNO2/c1-10(16)11-6-5-7-12(15)13(11)17-8-9-18-14(2,3)4/h5-7,10H,8-9,16H2,1-4H3/t10-/m0/s1. The minimum absolute atomic E-state index is 0.220. The summed E-state index contributed by atoms with van der Waals surface area (Å²) in [5.41, 5.74) is 6.23. The number of hydrogen-bond acceptors (Lipinski definition) is 3. The molecule has 1 atom stereocenters. The van der Waals surface area contributed by atoms with Crippen molar-refractivity contribution >= 4 is 0 Å². The number of hydrogen-bond donors (Lipinski definition) is 1. The molecule has 4 heteroatoms. The zero-order valence-corrected chi connectivity index (χ0v) is 11.5. The minimum Gasteiger partial charge on any atom is -0.488 e. The Hall–Kier alpha value is -1.13. The van der Waals surface area contributed by atoms with Gasteiger partial charge in [0.05, 0.1) is 12.2 Å². The van der Waals surface area contributed by atoms with Gasteiger partial charge in [-0.3, -0.25) is 0 Å². The molecule has 0 bridgehead atoms. The van der Waals surface area contributed by atoms with Gasteiger partial charge in [-0.1, -0.05) is 12.1 Å². The van der Waals surface area contributed by atoms with Crippen LogP contribution in [0, 0.1) is 5.82 Å². The molecule has 0 spiro atoms. The third-order valence-corrected chi connectivity index (χ3v) is 2.35. The van der Waals surface area contributed by atoms with Crippen LogP contribution in [0.2, 0.25) is 0 Å². The van der Waals surface area contributed by atoms with Crippen molar-refractivity contribution in [3.8, 4) is 5.75 Å². The lowest BCUT2D eigenvalue weighted by atomic mass is 10.1. The summed E-state index contributed by atoms with van der Waals surface area (Å²) in [5, 5.41) is 0. The van der Waals surface area contributed by atoms with Gasteiger partial charge in [-0.25, -0.2) is 4.39 Å². The second-order valence-electron chi connectivity index (χ2n) is 5.26. The molecule has 1 aromatic carbocycles. The Morgan fingerprint density at radius 2 is 1.94 bits per heavy atom. The fourth-order valence-electron chi connectivity index (χ4n) is 1.53. The molecular weight excluding hydrogens is 233 g/mol. The molecule has 0 saturated heterocycles. The number of ether oxygens (including phenoxy) is 2. The van der Waals surface area contributed by atoms with Gasteiger partial charge in [-0.2, -0.15) is 0 Å². The fraction of sp³-hybridized carbons (Fsp3) is 0.571. The Bertz CT molecular complexity index is 386. The van der Waals surface area contributed by atoms with Crippen LogP contribution in [0.4, 0.5) is 4.39 Å². The molecular formula is C14H22FNO2. The zero-order valence-electron chi connectivity index (χ0n) is 11.5. The van der Waals surface area contributed by atoms with Crippen LogP contribution in [0.3, 0.4) is 0 Å². The van der Waals surface area contributed by atoms with E-state index >= 15 is 0 Å². The predicted molar refractivity (Wildman–Crippen MR) is 70.2 cm³/mol. The van der Waals surface area contributed by atoms with Crippen LogP contribution >= 0.6 is 0 Å². The van der Waals surface area contributed by atoms with Gasteiger partial charge in [0.2, 0.25) is 0 Å². The molecule has 0 aromatic heterocycles. The van der Waals surface area contributed by atoms with Gasteiger partial charge < -0.3 is 15.2 Å². The lowest BCUT2D eigenvalue weighted by molar-refractivity contribution is -0.0168. The maximum Gasteiger partial charge on any atom is 0.165 e. The van der Waals surface area contributed by atoms with Crippen LogP contribution in [-0.2, 0) is 4.74 Å². The Balaban J connectivity index is 2.61. The first-order valence-corrected chi connectivity index (χ1v) is 6.12. The summed E-state index contributed by atoms with van der Waals surface area (Å²) in [6.07, 6.45) is 0. The van der Waals surface area contributed by atoms with E-state index in [9.17, 15) is 4.39 Å². The lowest BCUT2D eigenvalue weighted by Crippen LogP contribution is -2.23. The molecule has 0 aliphatic carbocycles. The molecule has 0 saturated carbocycles. The van der Waals surface area contributed by atoms with E-state index in [0.717, 1.165) is 0 Å². The van der Waals surface area contributed by atoms with Crippen LogP contribution in [0.15, 0.2) is 18.2 Å². The minimum atomic E-state index is -0.388. The second kappa shape index (κ2) is 6.16. The van der Waals surface area contributed by atoms with Gasteiger partial charge in [-0.15, -0.1) is 0 Å². The van der Waals surface area contributed by atoms with Crippen LogP contribution in [-0.4, -0.2) is 18.8 Å². The predicted octanol–water partition coefficient (Wildman–Crippen LogP) is 3.04. The molecule has 0 aliphatic heterocycles. The third-order valence-electron chi connectivity index (χ3n) is 2.35.